The number of pyridine rings is 2. The largest absolute Gasteiger partial charge is 0.256 e. The quantitative estimate of drug-likeness (QED) is 0.725. The van der Waals surface area contributed by atoms with Gasteiger partial charge in [-0.1, -0.05) is 6.07 Å². The highest BCUT2D eigenvalue weighted by molar-refractivity contribution is 9.10. The first-order chi connectivity index (χ1) is 6.77. The van der Waals surface area contributed by atoms with Crippen LogP contribution in [0.4, 0.5) is 0 Å². The molecule has 0 fully saturated rings. The van der Waals surface area contributed by atoms with Gasteiger partial charge in [0.2, 0.25) is 0 Å². The average molecular weight is 249 g/mol. The lowest BCUT2D eigenvalue weighted by Crippen LogP contribution is -1.87. The molecule has 0 atom stereocenters. The van der Waals surface area contributed by atoms with Gasteiger partial charge in [0.15, 0.2) is 0 Å². The monoisotopic (exact) mass is 248 g/mol. The van der Waals surface area contributed by atoms with Gasteiger partial charge >= 0.3 is 0 Å². The number of aromatic nitrogens is 2. The van der Waals surface area contributed by atoms with Crippen LogP contribution >= 0.6 is 15.9 Å². The van der Waals surface area contributed by atoms with Gasteiger partial charge < -0.3 is 0 Å². The van der Waals surface area contributed by atoms with Crippen LogP contribution in [-0.4, -0.2) is 9.97 Å². The van der Waals surface area contributed by atoms with Gasteiger partial charge in [-0.05, 0) is 46.6 Å². The van der Waals surface area contributed by atoms with Crippen LogP contribution < -0.4 is 0 Å². The second-order valence-electron chi connectivity index (χ2n) is 3.04. The second-order valence-corrected chi connectivity index (χ2v) is 3.85. The Labute approximate surface area is 91.2 Å². The molecule has 0 aromatic carbocycles. The van der Waals surface area contributed by atoms with Crippen molar-refractivity contribution in [1.29, 1.82) is 0 Å². The summed E-state index contributed by atoms with van der Waals surface area (Å²) >= 11 is 3.30. The predicted molar refractivity (Wildman–Crippen MR) is 59.9 cm³/mol. The van der Waals surface area contributed by atoms with Crippen molar-refractivity contribution in [3.05, 3.63) is 46.8 Å². The van der Waals surface area contributed by atoms with Crippen LogP contribution in [0.3, 0.4) is 0 Å². The SMILES string of the molecule is Cc1cccnc1-c1ccc(Br)nc1. The third-order valence-electron chi connectivity index (χ3n) is 2.01. The van der Waals surface area contributed by atoms with E-state index in [1.807, 2.05) is 37.4 Å². The number of hydrogen-bond donors (Lipinski definition) is 0. The molecule has 0 spiro atoms. The summed E-state index contributed by atoms with van der Waals surface area (Å²) < 4.78 is 0.842. The molecule has 2 nitrogen and oxygen atoms in total. The summed E-state index contributed by atoms with van der Waals surface area (Å²) in [5.41, 5.74) is 3.20. The van der Waals surface area contributed by atoms with E-state index in [-0.39, 0.29) is 0 Å². The van der Waals surface area contributed by atoms with E-state index in [0.717, 1.165) is 21.4 Å². The maximum atomic E-state index is 4.32. The molecule has 2 aromatic rings. The summed E-state index contributed by atoms with van der Waals surface area (Å²) in [6.07, 6.45) is 3.61. The van der Waals surface area contributed by atoms with Crippen molar-refractivity contribution in [2.75, 3.05) is 0 Å². The molecule has 14 heavy (non-hydrogen) atoms. The van der Waals surface area contributed by atoms with Crippen LogP contribution in [0.25, 0.3) is 11.3 Å². The molecular formula is C11H9BrN2. The smallest absolute Gasteiger partial charge is 0.106 e. The Hall–Kier alpha value is -1.22. The number of halogens is 1. The molecule has 0 amide bonds. The van der Waals surface area contributed by atoms with Crippen LogP contribution in [0.5, 0.6) is 0 Å². The van der Waals surface area contributed by atoms with Crippen LogP contribution in [0.1, 0.15) is 5.56 Å². The zero-order chi connectivity index (χ0) is 9.97. The molecule has 0 aliphatic heterocycles. The molecule has 2 rings (SSSR count). The van der Waals surface area contributed by atoms with Gasteiger partial charge in [0.1, 0.15) is 4.60 Å². The van der Waals surface area contributed by atoms with E-state index in [9.17, 15) is 0 Å². The fourth-order valence-corrected chi connectivity index (χ4v) is 1.54. The van der Waals surface area contributed by atoms with Crippen LogP contribution in [0.2, 0.25) is 0 Å². The number of nitrogens with zero attached hydrogens (tertiary/aromatic N) is 2. The summed E-state index contributed by atoms with van der Waals surface area (Å²) in [4.78, 5) is 8.50. The van der Waals surface area contributed by atoms with Gasteiger partial charge in [0.25, 0.3) is 0 Å². The highest BCUT2D eigenvalue weighted by Gasteiger charge is 2.01. The molecule has 0 saturated heterocycles. The van der Waals surface area contributed by atoms with Crippen molar-refractivity contribution < 1.29 is 0 Å². The normalized spacial score (nSPS) is 10.1. The van der Waals surface area contributed by atoms with E-state index < -0.39 is 0 Å². The van der Waals surface area contributed by atoms with Crippen molar-refractivity contribution in [3.63, 3.8) is 0 Å². The van der Waals surface area contributed by atoms with Crippen molar-refractivity contribution in [1.82, 2.24) is 9.97 Å². The van der Waals surface area contributed by atoms with Gasteiger partial charge in [0.05, 0.1) is 5.69 Å². The van der Waals surface area contributed by atoms with Crippen LogP contribution in [0, 0.1) is 6.92 Å². The number of aryl methyl sites for hydroxylation is 1. The van der Waals surface area contributed by atoms with Gasteiger partial charge in [-0.15, -0.1) is 0 Å². The van der Waals surface area contributed by atoms with Crippen molar-refractivity contribution >= 4 is 15.9 Å². The summed E-state index contributed by atoms with van der Waals surface area (Å²) in [7, 11) is 0. The van der Waals surface area contributed by atoms with E-state index in [0.29, 0.717) is 0 Å². The highest BCUT2D eigenvalue weighted by Crippen LogP contribution is 2.20. The lowest BCUT2D eigenvalue weighted by atomic mass is 10.1. The van der Waals surface area contributed by atoms with Crippen molar-refractivity contribution in [2.45, 2.75) is 6.92 Å². The Bertz CT molecular complexity index is 437. The van der Waals surface area contributed by atoms with E-state index >= 15 is 0 Å². The Morgan fingerprint density at radius 1 is 1.14 bits per heavy atom. The minimum atomic E-state index is 0.842. The third-order valence-corrected chi connectivity index (χ3v) is 2.48. The van der Waals surface area contributed by atoms with E-state index in [2.05, 4.69) is 25.9 Å². The average Bonchev–Trinajstić information content (AvgIpc) is 2.20. The van der Waals surface area contributed by atoms with E-state index in [4.69, 9.17) is 0 Å². The highest BCUT2D eigenvalue weighted by atomic mass is 79.9. The minimum Gasteiger partial charge on any atom is -0.256 e. The Morgan fingerprint density at radius 2 is 2.00 bits per heavy atom. The molecule has 0 aliphatic carbocycles. The third kappa shape index (κ3) is 1.82. The Morgan fingerprint density at radius 3 is 2.64 bits per heavy atom. The molecule has 70 valence electrons. The molecule has 0 N–H and O–H groups in total. The molecular weight excluding hydrogens is 240 g/mol. The molecule has 2 aromatic heterocycles. The maximum Gasteiger partial charge on any atom is 0.106 e. The number of hydrogen-bond acceptors (Lipinski definition) is 2. The Balaban J connectivity index is 2.50. The fourth-order valence-electron chi connectivity index (χ4n) is 1.30. The lowest BCUT2D eigenvalue weighted by Gasteiger charge is -2.03. The van der Waals surface area contributed by atoms with Crippen LogP contribution in [0.15, 0.2) is 41.3 Å². The molecule has 0 unspecified atom stereocenters. The molecule has 3 heteroatoms. The second kappa shape index (κ2) is 3.88. The predicted octanol–water partition coefficient (Wildman–Crippen LogP) is 3.21. The van der Waals surface area contributed by atoms with Crippen molar-refractivity contribution in [2.24, 2.45) is 0 Å². The zero-order valence-corrected chi connectivity index (χ0v) is 9.32. The standard InChI is InChI=1S/C11H9BrN2/c1-8-3-2-6-13-11(8)9-4-5-10(12)14-7-9/h2-7H,1H3. The van der Waals surface area contributed by atoms with Gasteiger partial charge in [-0.3, -0.25) is 4.98 Å². The first kappa shape index (κ1) is 9.34. The van der Waals surface area contributed by atoms with E-state index in [1.54, 1.807) is 6.20 Å². The first-order valence-electron chi connectivity index (χ1n) is 4.31. The van der Waals surface area contributed by atoms with Crippen LogP contribution in [-0.2, 0) is 0 Å². The first-order valence-corrected chi connectivity index (χ1v) is 5.10. The molecule has 2 heterocycles. The summed E-state index contributed by atoms with van der Waals surface area (Å²) in [5, 5.41) is 0. The van der Waals surface area contributed by atoms with Crippen molar-refractivity contribution in [3.8, 4) is 11.3 Å². The maximum absolute atomic E-state index is 4.32. The molecule has 0 saturated carbocycles. The fraction of sp³-hybridized carbons (Fsp3) is 0.0909. The topological polar surface area (TPSA) is 25.8 Å². The number of rotatable bonds is 1. The summed E-state index contributed by atoms with van der Waals surface area (Å²) in [5.74, 6) is 0. The van der Waals surface area contributed by atoms with Gasteiger partial charge in [-0.25, -0.2) is 4.98 Å². The molecule has 0 aliphatic rings. The van der Waals surface area contributed by atoms with Gasteiger partial charge in [0, 0.05) is 18.0 Å². The molecule has 0 bridgehead atoms. The Kier molecular flexibility index (Phi) is 2.59. The minimum absolute atomic E-state index is 0.842. The lowest BCUT2D eigenvalue weighted by molar-refractivity contribution is 1.23. The molecule has 0 radical (unpaired) electrons. The summed E-state index contributed by atoms with van der Waals surface area (Å²) in [6.45, 7) is 2.05. The zero-order valence-electron chi connectivity index (χ0n) is 7.74. The van der Waals surface area contributed by atoms with Gasteiger partial charge in [-0.2, -0.15) is 0 Å². The summed E-state index contributed by atoms with van der Waals surface area (Å²) in [6, 6.07) is 7.91. The van der Waals surface area contributed by atoms with E-state index in [1.165, 1.54) is 0 Å².